The molecule has 2 N–H and O–H groups in total. The lowest BCUT2D eigenvalue weighted by atomic mass is 10.1. The number of aliphatic carboxylic acids is 1. The van der Waals surface area contributed by atoms with Gasteiger partial charge in [-0.15, -0.1) is 11.3 Å². The first-order valence-electron chi connectivity index (χ1n) is 6.50. The largest absolute Gasteiger partial charge is 0.481 e. The summed E-state index contributed by atoms with van der Waals surface area (Å²) in [6, 6.07) is 1.97. The average Bonchev–Trinajstić information content (AvgIpc) is 3.07. The van der Waals surface area contributed by atoms with Crippen molar-refractivity contribution in [3.05, 3.63) is 27.4 Å². The molecule has 1 amide bonds. The van der Waals surface area contributed by atoms with Gasteiger partial charge in [-0.3, -0.25) is 9.59 Å². The van der Waals surface area contributed by atoms with E-state index in [9.17, 15) is 9.59 Å². The first kappa shape index (κ1) is 15.7. The molecule has 0 spiro atoms. The minimum atomic E-state index is -0.849. The number of nitrogens with one attached hydrogen (secondary N) is 1. The zero-order valence-corrected chi connectivity index (χ0v) is 13.4. The molecule has 0 fully saturated rings. The third kappa shape index (κ3) is 3.89. The number of hydrogen-bond acceptors (Lipinski definition) is 5. The third-order valence-electron chi connectivity index (χ3n) is 3.06. The Morgan fingerprint density at radius 3 is 2.86 bits per heavy atom. The predicted octanol–water partition coefficient (Wildman–Crippen LogP) is 3.02. The molecule has 1 atom stereocenters. The summed E-state index contributed by atoms with van der Waals surface area (Å²) in [5, 5.41) is 16.3. The smallest absolute Gasteiger partial charge is 0.306 e. The average molecular weight is 324 g/mol. The number of rotatable bonds is 6. The highest BCUT2D eigenvalue weighted by Gasteiger charge is 2.17. The van der Waals surface area contributed by atoms with Gasteiger partial charge in [0.05, 0.1) is 11.6 Å². The Balaban J connectivity index is 1.98. The van der Waals surface area contributed by atoms with Gasteiger partial charge >= 0.3 is 5.97 Å². The van der Waals surface area contributed by atoms with Crippen molar-refractivity contribution in [1.29, 1.82) is 0 Å². The molecule has 112 valence electrons. The van der Waals surface area contributed by atoms with Crippen molar-refractivity contribution in [2.45, 2.75) is 20.3 Å². The van der Waals surface area contributed by atoms with Crippen molar-refractivity contribution in [1.82, 2.24) is 10.3 Å². The van der Waals surface area contributed by atoms with Gasteiger partial charge in [-0.05, 0) is 24.8 Å². The topological polar surface area (TPSA) is 79.3 Å². The number of carboxylic acids is 1. The SMILES string of the molecule is Cc1nc(-c2ccsc2)sc1C(=O)NCCC(C)C(=O)O. The highest BCUT2D eigenvalue weighted by atomic mass is 32.1. The van der Waals surface area contributed by atoms with Crippen molar-refractivity contribution in [3.63, 3.8) is 0 Å². The summed E-state index contributed by atoms with van der Waals surface area (Å²) in [4.78, 5) is 27.8. The van der Waals surface area contributed by atoms with Crippen LogP contribution in [0.4, 0.5) is 0 Å². The zero-order valence-electron chi connectivity index (χ0n) is 11.8. The molecule has 0 saturated heterocycles. The van der Waals surface area contributed by atoms with Gasteiger partial charge in [0.25, 0.3) is 5.91 Å². The van der Waals surface area contributed by atoms with Crippen LogP contribution in [0.25, 0.3) is 10.6 Å². The molecule has 5 nitrogen and oxygen atoms in total. The minimum absolute atomic E-state index is 0.191. The van der Waals surface area contributed by atoms with Crippen molar-refractivity contribution < 1.29 is 14.7 Å². The van der Waals surface area contributed by atoms with Gasteiger partial charge in [-0.25, -0.2) is 4.98 Å². The molecule has 0 aliphatic carbocycles. The fourth-order valence-electron chi connectivity index (χ4n) is 1.72. The fourth-order valence-corrected chi connectivity index (χ4v) is 3.42. The van der Waals surface area contributed by atoms with Crippen molar-refractivity contribution in [2.24, 2.45) is 5.92 Å². The van der Waals surface area contributed by atoms with Gasteiger partial charge in [0.1, 0.15) is 9.88 Å². The molecule has 0 radical (unpaired) electrons. The number of carboxylic acid groups (broad SMARTS) is 1. The van der Waals surface area contributed by atoms with E-state index < -0.39 is 11.9 Å². The van der Waals surface area contributed by atoms with Crippen molar-refractivity contribution >= 4 is 34.6 Å². The Labute approximate surface area is 130 Å². The van der Waals surface area contributed by atoms with E-state index in [-0.39, 0.29) is 5.91 Å². The first-order valence-corrected chi connectivity index (χ1v) is 8.26. The molecular formula is C14H16N2O3S2. The van der Waals surface area contributed by atoms with Crippen LogP contribution in [-0.4, -0.2) is 28.5 Å². The Bertz CT molecular complexity index is 635. The maximum Gasteiger partial charge on any atom is 0.306 e. The number of thiazole rings is 1. The Kier molecular flexibility index (Phi) is 5.08. The first-order chi connectivity index (χ1) is 9.99. The monoisotopic (exact) mass is 324 g/mol. The lowest BCUT2D eigenvalue weighted by Gasteiger charge is -2.07. The number of carbonyl (C=O) groups is 2. The molecule has 7 heteroatoms. The standard InChI is InChI=1S/C14H16N2O3S2/c1-8(14(18)19)3-5-15-12(17)11-9(2)16-13(21-11)10-4-6-20-7-10/h4,6-8H,3,5H2,1-2H3,(H,15,17)(H,18,19). The van der Waals surface area contributed by atoms with Crippen LogP contribution < -0.4 is 5.32 Å². The van der Waals surface area contributed by atoms with Crippen LogP contribution in [0.2, 0.25) is 0 Å². The van der Waals surface area contributed by atoms with E-state index in [1.54, 1.807) is 25.2 Å². The van der Waals surface area contributed by atoms with Crippen molar-refractivity contribution in [2.75, 3.05) is 6.54 Å². The second-order valence-corrected chi connectivity index (χ2v) is 6.51. The van der Waals surface area contributed by atoms with Crippen LogP contribution in [0.5, 0.6) is 0 Å². The highest BCUT2D eigenvalue weighted by molar-refractivity contribution is 7.17. The molecule has 2 aromatic heterocycles. The van der Waals surface area contributed by atoms with E-state index in [0.29, 0.717) is 23.5 Å². The molecule has 0 aliphatic heterocycles. The summed E-state index contributed by atoms with van der Waals surface area (Å²) in [6.07, 6.45) is 0.413. The number of aromatic nitrogens is 1. The van der Waals surface area contributed by atoms with E-state index >= 15 is 0 Å². The molecular weight excluding hydrogens is 308 g/mol. The van der Waals surface area contributed by atoms with Gasteiger partial charge in [0.2, 0.25) is 0 Å². The summed E-state index contributed by atoms with van der Waals surface area (Å²) >= 11 is 2.95. The van der Waals surface area contributed by atoms with Crippen LogP contribution in [0.1, 0.15) is 28.7 Å². The van der Waals surface area contributed by atoms with Crippen LogP contribution in [-0.2, 0) is 4.79 Å². The summed E-state index contributed by atoms with van der Waals surface area (Å²) in [5.74, 6) is -1.50. The number of amides is 1. The molecule has 21 heavy (non-hydrogen) atoms. The van der Waals surface area contributed by atoms with Crippen molar-refractivity contribution in [3.8, 4) is 10.6 Å². The van der Waals surface area contributed by atoms with E-state index in [2.05, 4.69) is 10.3 Å². The molecule has 1 unspecified atom stereocenters. The maximum atomic E-state index is 12.1. The maximum absolute atomic E-state index is 12.1. The van der Waals surface area contributed by atoms with Gasteiger partial charge in [0.15, 0.2) is 0 Å². The summed E-state index contributed by atoms with van der Waals surface area (Å²) in [6.45, 7) is 3.78. The van der Waals surface area contributed by atoms with Gasteiger partial charge in [-0.1, -0.05) is 6.92 Å². The fraction of sp³-hybridized carbons (Fsp3) is 0.357. The predicted molar refractivity (Wildman–Crippen MR) is 83.9 cm³/mol. The summed E-state index contributed by atoms with van der Waals surface area (Å²) < 4.78 is 0. The van der Waals surface area contributed by atoms with E-state index in [1.807, 2.05) is 16.8 Å². The number of thiophene rings is 1. The van der Waals surface area contributed by atoms with Gasteiger partial charge in [-0.2, -0.15) is 11.3 Å². The second kappa shape index (κ2) is 6.82. The molecule has 0 aromatic carbocycles. The molecule has 2 heterocycles. The number of nitrogens with zero attached hydrogens (tertiary/aromatic N) is 1. The lowest BCUT2D eigenvalue weighted by Crippen LogP contribution is -2.26. The molecule has 0 bridgehead atoms. The van der Waals surface area contributed by atoms with Crippen LogP contribution in [0.3, 0.4) is 0 Å². The number of aryl methyl sites for hydroxylation is 1. The van der Waals surface area contributed by atoms with Crippen LogP contribution in [0, 0.1) is 12.8 Å². The highest BCUT2D eigenvalue weighted by Crippen LogP contribution is 2.29. The quantitative estimate of drug-likeness (QED) is 0.856. The number of hydrogen-bond donors (Lipinski definition) is 2. The normalized spacial score (nSPS) is 12.1. The summed E-state index contributed by atoms with van der Waals surface area (Å²) in [7, 11) is 0. The second-order valence-electron chi connectivity index (χ2n) is 4.73. The summed E-state index contributed by atoms with van der Waals surface area (Å²) in [5.41, 5.74) is 1.72. The van der Waals surface area contributed by atoms with E-state index in [0.717, 1.165) is 10.6 Å². The Morgan fingerprint density at radius 2 is 2.24 bits per heavy atom. The molecule has 0 aliphatic rings. The molecule has 2 aromatic rings. The molecule has 2 rings (SSSR count). The van der Waals surface area contributed by atoms with Gasteiger partial charge < -0.3 is 10.4 Å². The van der Waals surface area contributed by atoms with Gasteiger partial charge in [0, 0.05) is 17.5 Å². The lowest BCUT2D eigenvalue weighted by molar-refractivity contribution is -0.141. The minimum Gasteiger partial charge on any atom is -0.481 e. The Morgan fingerprint density at radius 1 is 1.48 bits per heavy atom. The molecule has 0 saturated carbocycles. The zero-order chi connectivity index (χ0) is 15.4. The number of carbonyl (C=O) groups excluding carboxylic acids is 1. The third-order valence-corrected chi connectivity index (χ3v) is 4.94. The van der Waals surface area contributed by atoms with E-state index in [1.165, 1.54) is 11.3 Å². The van der Waals surface area contributed by atoms with Crippen LogP contribution in [0.15, 0.2) is 16.8 Å². The van der Waals surface area contributed by atoms with Crippen LogP contribution >= 0.6 is 22.7 Å². The Hall–Kier alpha value is -1.73. The van der Waals surface area contributed by atoms with E-state index in [4.69, 9.17) is 5.11 Å².